The summed E-state index contributed by atoms with van der Waals surface area (Å²) in [5.41, 5.74) is 3.59. The van der Waals surface area contributed by atoms with Crippen LogP contribution in [0, 0.1) is 5.92 Å². The lowest BCUT2D eigenvalue weighted by Gasteiger charge is -2.21. The lowest BCUT2D eigenvalue weighted by molar-refractivity contribution is -0.117. The number of rotatable bonds is 4. The van der Waals surface area contributed by atoms with E-state index in [1.807, 2.05) is 12.1 Å². The maximum atomic E-state index is 11.9. The number of nitrogens with one attached hydrogen (secondary N) is 2. The molecule has 0 bridgehead atoms. The number of hydrogen-bond acceptors (Lipinski definition) is 2. The molecule has 1 amide bonds. The Morgan fingerprint density at radius 3 is 3.11 bits per heavy atom. The number of carbonyl (C=O) groups is 1. The van der Waals surface area contributed by atoms with E-state index in [4.69, 9.17) is 0 Å². The SMILES string of the molecule is CCC(C)CC(=O)Nc1cccc2c1CNCC2. The molecule has 1 aromatic carbocycles. The molecule has 0 saturated carbocycles. The number of amides is 1. The summed E-state index contributed by atoms with van der Waals surface area (Å²) in [5.74, 6) is 0.575. The summed E-state index contributed by atoms with van der Waals surface area (Å²) in [4.78, 5) is 11.9. The van der Waals surface area contributed by atoms with Gasteiger partial charge in [0, 0.05) is 18.7 Å². The van der Waals surface area contributed by atoms with Gasteiger partial charge in [-0.3, -0.25) is 4.79 Å². The summed E-state index contributed by atoms with van der Waals surface area (Å²) in [5, 5.41) is 6.41. The monoisotopic (exact) mass is 246 g/mol. The molecule has 98 valence electrons. The number of fused-ring (bicyclic) bond motifs is 1. The standard InChI is InChI=1S/C15H22N2O/c1-3-11(2)9-15(18)17-14-6-4-5-12-7-8-16-10-13(12)14/h4-6,11,16H,3,7-10H2,1-2H3,(H,17,18). The molecule has 1 heterocycles. The second-order valence-corrected chi connectivity index (χ2v) is 5.14. The number of anilines is 1. The maximum Gasteiger partial charge on any atom is 0.224 e. The average molecular weight is 246 g/mol. The third kappa shape index (κ3) is 3.10. The highest BCUT2D eigenvalue weighted by Gasteiger charge is 2.14. The summed E-state index contributed by atoms with van der Waals surface area (Å²) in [6.45, 7) is 6.11. The molecule has 3 nitrogen and oxygen atoms in total. The minimum absolute atomic E-state index is 0.128. The molecule has 0 saturated heterocycles. The van der Waals surface area contributed by atoms with Crippen molar-refractivity contribution in [3.63, 3.8) is 0 Å². The van der Waals surface area contributed by atoms with Gasteiger partial charge >= 0.3 is 0 Å². The van der Waals surface area contributed by atoms with Crippen molar-refractivity contribution in [2.45, 2.75) is 39.7 Å². The van der Waals surface area contributed by atoms with Gasteiger partial charge < -0.3 is 10.6 Å². The highest BCUT2D eigenvalue weighted by Crippen LogP contribution is 2.23. The van der Waals surface area contributed by atoms with Gasteiger partial charge in [0.05, 0.1) is 0 Å². The van der Waals surface area contributed by atoms with Gasteiger partial charge in [-0.15, -0.1) is 0 Å². The molecule has 0 radical (unpaired) electrons. The smallest absolute Gasteiger partial charge is 0.224 e. The van der Waals surface area contributed by atoms with Crippen molar-refractivity contribution in [1.29, 1.82) is 0 Å². The largest absolute Gasteiger partial charge is 0.326 e. The summed E-state index contributed by atoms with van der Waals surface area (Å²) in [6, 6.07) is 6.18. The molecule has 1 atom stereocenters. The van der Waals surface area contributed by atoms with E-state index in [2.05, 4.69) is 30.5 Å². The van der Waals surface area contributed by atoms with E-state index in [9.17, 15) is 4.79 Å². The Kier molecular flexibility index (Phi) is 4.37. The Balaban J connectivity index is 2.07. The Labute approximate surface area is 109 Å². The molecule has 1 aliphatic heterocycles. The zero-order valence-corrected chi connectivity index (χ0v) is 11.3. The fourth-order valence-corrected chi connectivity index (χ4v) is 2.29. The highest BCUT2D eigenvalue weighted by atomic mass is 16.1. The summed E-state index contributed by atoms with van der Waals surface area (Å²) < 4.78 is 0. The fraction of sp³-hybridized carbons (Fsp3) is 0.533. The predicted octanol–water partition coefficient (Wildman–Crippen LogP) is 2.71. The van der Waals surface area contributed by atoms with E-state index in [0.717, 1.165) is 31.6 Å². The van der Waals surface area contributed by atoms with Crippen LogP contribution in [0.4, 0.5) is 5.69 Å². The zero-order valence-electron chi connectivity index (χ0n) is 11.3. The van der Waals surface area contributed by atoms with Crippen LogP contribution in [0.2, 0.25) is 0 Å². The van der Waals surface area contributed by atoms with Crippen LogP contribution in [-0.4, -0.2) is 12.5 Å². The van der Waals surface area contributed by atoms with E-state index in [1.54, 1.807) is 0 Å². The van der Waals surface area contributed by atoms with Crippen LogP contribution < -0.4 is 10.6 Å². The van der Waals surface area contributed by atoms with Crippen molar-refractivity contribution >= 4 is 11.6 Å². The quantitative estimate of drug-likeness (QED) is 0.857. The molecule has 0 fully saturated rings. The molecule has 3 heteroatoms. The normalized spacial score (nSPS) is 15.9. The lowest BCUT2D eigenvalue weighted by atomic mass is 9.99. The Hall–Kier alpha value is -1.35. The Morgan fingerprint density at radius 2 is 2.33 bits per heavy atom. The van der Waals surface area contributed by atoms with E-state index < -0.39 is 0 Å². The van der Waals surface area contributed by atoms with Gasteiger partial charge in [-0.1, -0.05) is 32.4 Å². The van der Waals surface area contributed by atoms with E-state index in [0.29, 0.717) is 12.3 Å². The fourth-order valence-electron chi connectivity index (χ4n) is 2.29. The number of benzene rings is 1. The molecule has 0 spiro atoms. The molecule has 1 aliphatic rings. The van der Waals surface area contributed by atoms with Crippen molar-refractivity contribution in [3.05, 3.63) is 29.3 Å². The first kappa shape index (κ1) is 13.1. The molecule has 18 heavy (non-hydrogen) atoms. The Morgan fingerprint density at radius 1 is 1.50 bits per heavy atom. The third-order valence-electron chi connectivity index (χ3n) is 3.65. The third-order valence-corrected chi connectivity index (χ3v) is 3.65. The van der Waals surface area contributed by atoms with Crippen LogP contribution in [0.5, 0.6) is 0 Å². The van der Waals surface area contributed by atoms with Gasteiger partial charge in [0.25, 0.3) is 0 Å². The van der Waals surface area contributed by atoms with Crippen molar-refractivity contribution in [2.75, 3.05) is 11.9 Å². The lowest BCUT2D eigenvalue weighted by Crippen LogP contribution is -2.25. The first-order valence-corrected chi connectivity index (χ1v) is 6.82. The van der Waals surface area contributed by atoms with Gasteiger partial charge in [0.2, 0.25) is 5.91 Å². The van der Waals surface area contributed by atoms with Crippen LogP contribution in [0.3, 0.4) is 0 Å². The second kappa shape index (κ2) is 6.01. The van der Waals surface area contributed by atoms with Gasteiger partial charge in [-0.25, -0.2) is 0 Å². The summed E-state index contributed by atoms with van der Waals surface area (Å²) >= 11 is 0. The first-order chi connectivity index (χ1) is 8.70. The summed E-state index contributed by atoms with van der Waals surface area (Å²) in [6.07, 6.45) is 2.69. The molecule has 1 unspecified atom stereocenters. The van der Waals surface area contributed by atoms with Gasteiger partial charge in [0.15, 0.2) is 0 Å². The minimum atomic E-state index is 0.128. The van der Waals surface area contributed by atoms with Crippen LogP contribution >= 0.6 is 0 Å². The van der Waals surface area contributed by atoms with Crippen LogP contribution in [-0.2, 0) is 17.8 Å². The van der Waals surface area contributed by atoms with Gasteiger partial charge in [-0.05, 0) is 36.1 Å². The van der Waals surface area contributed by atoms with Crippen molar-refractivity contribution in [3.8, 4) is 0 Å². The predicted molar refractivity (Wildman–Crippen MR) is 74.6 cm³/mol. The van der Waals surface area contributed by atoms with Gasteiger partial charge in [-0.2, -0.15) is 0 Å². The van der Waals surface area contributed by atoms with Crippen LogP contribution in [0.25, 0.3) is 0 Å². The first-order valence-electron chi connectivity index (χ1n) is 6.82. The molecule has 2 rings (SSSR count). The molecule has 2 N–H and O–H groups in total. The zero-order chi connectivity index (χ0) is 13.0. The van der Waals surface area contributed by atoms with E-state index >= 15 is 0 Å². The van der Waals surface area contributed by atoms with E-state index in [-0.39, 0.29) is 5.91 Å². The van der Waals surface area contributed by atoms with Crippen LogP contribution in [0.1, 0.15) is 37.8 Å². The van der Waals surface area contributed by atoms with Crippen molar-refractivity contribution in [2.24, 2.45) is 5.92 Å². The highest BCUT2D eigenvalue weighted by molar-refractivity contribution is 5.91. The minimum Gasteiger partial charge on any atom is -0.326 e. The van der Waals surface area contributed by atoms with Crippen LogP contribution in [0.15, 0.2) is 18.2 Å². The molecular formula is C15H22N2O. The van der Waals surface area contributed by atoms with E-state index in [1.165, 1.54) is 11.1 Å². The number of hydrogen-bond donors (Lipinski definition) is 2. The average Bonchev–Trinajstić information content (AvgIpc) is 2.39. The molecular weight excluding hydrogens is 224 g/mol. The topological polar surface area (TPSA) is 41.1 Å². The molecule has 1 aromatic rings. The van der Waals surface area contributed by atoms with Gasteiger partial charge in [0.1, 0.15) is 0 Å². The molecule has 0 aliphatic carbocycles. The summed E-state index contributed by atoms with van der Waals surface area (Å²) in [7, 11) is 0. The maximum absolute atomic E-state index is 11.9. The van der Waals surface area contributed by atoms with Crippen molar-refractivity contribution in [1.82, 2.24) is 5.32 Å². The van der Waals surface area contributed by atoms with Crippen molar-refractivity contribution < 1.29 is 4.79 Å². The number of carbonyl (C=O) groups excluding carboxylic acids is 1. The Bertz CT molecular complexity index is 429. The second-order valence-electron chi connectivity index (χ2n) is 5.14. The molecule has 0 aromatic heterocycles.